The molecule has 1 aromatic heterocycles. The van der Waals surface area contributed by atoms with Gasteiger partial charge in [0.2, 0.25) is 5.91 Å². The van der Waals surface area contributed by atoms with Crippen molar-refractivity contribution in [3.05, 3.63) is 89.4 Å². The Bertz CT molecular complexity index is 942. The molecule has 0 fully saturated rings. The molecular weight excluding hydrogens is 341 g/mol. The van der Waals surface area contributed by atoms with Gasteiger partial charge in [-0.15, -0.1) is 0 Å². The largest absolute Gasteiger partial charge is 0.306 e. The number of hydrogen-bond donors (Lipinski definition) is 1. The summed E-state index contributed by atoms with van der Waals surface area (Å²) in [6.45, 7) is 4.73. The second-order valence-electron chi connectivity index (χ2n) is 6.67. The van der Waals surface area contributed by atoms with Crippen LogP contribution < -0.4 is 5.32 Å². The molecule has 4 nitrogen and oxygen atoms in total. The quantitative estimate of drug-likeness (QED) is 0.637. The summed E-state index contributed by atoms with van der Waals surface area (Å²) in [5, 5.41) is 7.02. The number of rotatable bonds is 6. The number of nitrogens with zero attached hydrogens (tertiary/aromatic N) is 2. The highest BCUT2D eigenvalue weighted by atomic mass is 19.1. The Morgan fingerprint density at radius 3 is 2.67 bits per heavy atom. The van der Waals surface area contributed by atoms with Crippen LogP contribution in [0.25, 0.3) is 6.08 Å². The predicted octanol–water partition coefficient (Wildman–Crippen LogP) is 4.85. The van der Waals surface area contributed by atoms with E-state index < -0.39 is 0 Å². The Balaban J connectivity index is 1.57. The van der Waals surface area contributed by atoms with E-state index in [-0.39, 0.29) is 11.7 Å². The summed E-state index contributed by atoms with van der Waals surface area (Å²) in [5.41, 5.74) is 3.03. The molecular formula is C22H22FN3O. The first-order valence-corrected chi connectivity index (χ1v) is 8.86. The van der Waals surface area contributed by atoms with Gasteiger partial charge in [0, 0.05) is 18.3 Å². The van der Waals surface area contributed by atoms with Crippen molar-refractivity contribution in [3.8, 4) is 0 Å². The van der Waals surface area contributed by atoms with Crippen molar-refractivity contribution in [2.45, 2.75) is 26.3 Å². The van der Waals surface area contributed by atoms with E-state index in [0.717, 1.165) is 11.1 Å². The number of anilines is 1. The van der Waals surface area contributed by atoms with Gasteiger partial charge >= 0.3 is 0 Å². The summed E-state index contributed by atoms with van der Waals surface area (Å²) in [7, 11) is 0. The molecule has 0 saturated carbocycles. The molecule has 1 amide bonds. The van der Waals surface area contributed by atoms with Gasteiger partial charge in [-0.1, -0.05) is 50.2 Å². The average Bonchev–Trinajstić information content (AvgIpc) is 3.07. The number of aromatic nitrogens is 2. The minimum atomic E-state index is -0.278. The first-order chi connectivity index (χ1) is 13.0. The van der Waals surface area contributed by atoms with Gasteiger partial charge < -0.3 is 5.32 Å². The molecule has 0 atom stereocenters. The molecule has 0 unspecified atom stereocenters. The summed E-state index contributed by atoms with van der Waals surface area (Å²) in [6, 6.07) is 16.2. The normalized spacial score (nSPS) is 11.3. The molecule has 0 spiro atoms. The van der Waals surface area contributed by atoms with Crippen molar-refractivity contribution in [1.82, 2.24) is 9.78 Å². The number of halogens is 1. The summed E-state index contributed by atoms with van der Waals surface area (Å²) in [5.74, 6) is 0.406. The maximum atomic E-state index is 13.2. The summed E-state index contributed by atoms with van der Waals surface area (Å²) < 4.78 is 14.9. The SMILES string of the molecule is CC(C)c1ccc(/C=C/C(=O)Nc2ccn(Cc3cccc(F)c3)n2)cc1. The van der Waals surface area contributed by atoms with E-state index in [1.165, 1.54) is 23.8 Å². The van der Waals surface area contributed by atoms with Crippen molar-refractivity contribution >= 4 is 17.8 Å². The van der Waals surface area contributed by atoms with Gasteiger partial charge in [0.15, 0.2) is 5.82 Å². The van der Waals surface area contributed by atoms with Gasteiger partial charge in [-0.2, -0.15) is 5.10 Å². The van der Waals surface area contributed by atoms with Gasteiger partial charge in [0.25, 0.3) is 0 Å². The minimum absolute atomic E-state index is 0.251. The molecule has 0 radical (unpaired) electrons. The maximum Gasteiger partial charge on any atom is 0.249 e. The van der Waals surface area contributed by atoms with E-state index in [1.807, 2.05) is 18.2 Å². The molecule has 1 heterocycles. The number of carbonyl (C=O) groups excluding carboxylic acids is 1. The van der Waals surface area contributed by atoms with Crippen molar-refractivity contribution in [2.24, 2.45) is 0 Å². The van der Waals surface area contributed by atoms with Gasteiger partial charge in [-0.25, -0.2) is 4.39 Å². The van der Waals surface area contributed by atoms with E-state index in [9.17, 15) is 9.18 Å². The average molecular weight is 363 g/mol. The third kappa shape index (κ3) is 5.38. The van der Waals surface area contributed by atoms with Gasteiger partial charge in [-0.3, -0.25) is 9.48 Å². The number of hydrogen-bond acceptors (Lipinski definition) is 2. The van der Waals surface area contributed by atoms with Crippen LogP contribution in [-0.4, -0.2) is 15.7 Å². The second-order valence-corrected chi connectivity index (χ2v) is 6.67. The number of amides is 1. The molecule has 5 heteroatoms. The third-order valence-electron chi connectivity index (χ3n) is 4.16. The minimum Gasteiger partial charge on any atom is -0.306 e. The fourth-order valence-corrected chi connectivity index (χ4v) is 2.67. The molecule has 0 aliphatic heterocycles. The van der Waals surface area contributed by atoms with Crippen LogP contribution in [0.1, 0.15) is 36.5 Å². The van der Waals surface area contributed by atoms with E-state index in [0.29, 0.717) is 18.3 Å². The highest BCUT2D eigenvalue weighted by molar-refractivity contribution is 6.01. The Labute approximate surface area is 158 Å². The van der Waals surface area contributed by atoms with Crippen molar-refractivity contribution in [1.29, 1.82) is 0 Å². The first-order valence-electron chi connectivity index (χ1n) is 8.86. The predicted molar refractivity (Wildman–Crippen MR) is 106 cm³/mol. The molecule has 27 heavy (non-hydrogen) atoms. The molecule has 3 rings (SSSR count). The summed E-state index contributed by atoms with van der Waals surface area (Å²) >= 11 is 0. The first kappa shape index (κ1) is 18.6. The van der Waals surface area contributed by atoms with Crippen LogP contribution in [0.4, 0.5) is 10.2 Å². The van der Waals surface area contributed by atoms with E-state index in [1.54, 1.807) is 29.1 Å². The second kappa shape index (κ2) is 8.45. The van der Waals surface area contributed by atoms with Crippen LogP contribution in [0, 0.1) is 5.82 Å². The lowest BCUT2D eigenvalue weighted by atomic mass is 10.0. The molecule has 2 aromatic carbocycles. The monoisotopic (exact) mass is 363 g/mol. The summed E-state index contributed by atoms with van der Waals surface area (Å²) in [6.07, 6.45) is 4.99. The number of benzene rings is 2. The number of carbonyl (C=O) groups is 1. The lowest BCUT2D eigenvalue weighted by molar-refractivity contribution is -0.111. The standard InChI is InChI=1S/C22H22FN3O/c1-16(2)19-9-6-17(7-10-19)8-11-22(27)24-21-12-13-26(25-21)15-18-4-3-5-20(23)14-18/h3-14,16H,15H2,1-2H3,(H,24,25,27)/b11-8+. The Kier molecular flexibility index (Phi) is 5.81. The zero-order valence-electron chi connectivity index (χ0n) is 15.4. The Morgan fingerprint density at radius 1 is 1.19 bits per heavy atom. The fraction of sp³-hybridized carbons (Fsp3) is 0.182. The third-order valence-corrected chi connectivity index (χ3v) is 4.16. The number of nitrogens with one attached hydrogen (secondary N) is 1. The van der Waals surface area contributed by atoms with Crippen LogP contribution in [0.3, 0.4) is 0 Å². The van der Waals surface area contributed by atoms with Crippen LogP contribution in [0.15, 0.2) is 66.9 Å². The van der Waals surface area contributed by atoms with E-state index in [4.69, 9.17) is 0 Å². The van der Waals surface area contributed by atoms with Crippen LogP contribution in [0.5, 0.6) is 0 Å². The van der Waals surface area contributed by atoms with E-state index >= 15 is 0 Å². The zero-order chi connectivity index (χ0) is 19.2. The van der Waals surface area contributed by atoms with Gasteiger partial charge in [-0.05, 0) is 40.8 Å². The lowest BCUT2D eigenvalue weighted by Crippen LogP contribution is -2.09. The molecule has 138 valence electrons. The topological polar surface area (TPSA) is 46.9 Å². The molecule has 0 bridgehead atoms. The van der Waals surface area contributed by atoms with Crippen LogP contribution in [-0.2, 0) is 11.3 Å². The Hall–Kier alpha value is -3.21. The van der Waals surface area contributed by atoms with E-state index in [2.05, 4.69) is 36.4 Å². The van der Waals surface area contributed by atoms with Crippen molar-refractivity contribution in [3.63, 3.8) is 0 Å². The van der Waals surface area contributed by atoms with Gasteiger partial charge in [0.05, 0.1) is 6.54 Å². The maximum absolute atomic E-state index is 13.2. The lowest BCUT2D eigenvalue weighted by Gasteiger charge is -2.04. The Morgan fingerprint density at radius 2 is 1.96 bits per heavy atom. The van der Waals surface area contributed by atoms with Crippen molar-refractivity contribution < 1.29 is 9.18 Å². The molecule has 0 saturated heterocycles. The highest BCUT2D eigenvalue weighted by Gasteiger charge is 2.04. The van der Waals surface area contributed by atoms with Gasteiger partial charge in [0.1, 0.15) is 5.82 Å². The highest BCUT2D eigenvalue weighted by Crippen LogP contribution is 2.15. The molecule has 0 aliphatic rings. The fourth-order valence-electron chi connectivity index (χ4n) is 2.67. The van der Waals surface area contributed by atoms with Crippen molar-refractivity contribution in [2.75, 3.05) is 5.32 Å². The summed E-state index contributed by atoms with van der Waals surface area (Å²) in [4.78, 5) is 12.1. The smallest absolute Gasteiger partial charge is 0.249 e. The van der Waals surface area contributed by atoms with Crippen LogP contribution >= 0.6 is 0 Å². The van der Waals surface area contributed by atoms with Crippen LogP contribution in [0.2, 0.25) is 0 Å². The zero-order valence-corrected chi connectivity index (χ0v) is 15.4. The molecule has 1 N–H and O–H groups in total. The molecule has 3 aromatic rings. The molecule has 0 aliphatic carbocycles.